The lowest BCUT2D eigenvalue weighted by atomic mass is 10.1. The van der Waals surface area contributed by atoms with Crippen molar-refractivity contribution in [1.82, 2.24) is 24.6 Å². The molecular weight excluding hydrogens is 536 g/mol. The van der Waals surface area contributed by atoms with E-state index in [1.807, 2.05) is 27.1 Å². The Balaban J connectivity index is 1.55. The average molecular weight is 568 g/mol. The SMILES string of the molecule is COC(=O)[C@@H](C)N[P@](=S)(OC[C@]1(F)C[C@H](C)[C@H](n2cnc3c(N(C)C)nc(N)nc32)O1)Oc1ccccc1. The summed E-state index contributed by atoms with van der Waals surface area (Å²) in [6, 6.07) is 7.85. The highest BCUT2D eigenvalue weighted by Crippen LogP contribution is 2.49. The van der Waals surface area contributed by atoms with E-state index in [0.29, 0.717) is 22.7 Å². The predicted octanol–water partition coefficient (Wildman–Crippen LogP) is 3.17. The topological polar surface area (TPSA) is 139 Å². The quantitative estimate of drug-likeness (QED) is 0.275. The Bertz CT molecular complexity index is 1350. The molecule has 206 valence electrons. The number of aromatic nitrogens is 4. The third-order valence-electron chi connectivity index (χ3n) is 5.89. The van der Waals surface area contributed by atoms with E-state index in [4.69, 9.17) is 36.1 Å². The number of esters is 1. The molecule has 3 heterocycles. The number of nitrogens with one attached hydrogen (secondary N) is 1. The Morgan fingerprint density at radius 2 is 2.11 bits per heavy atom. The third-order valence-corrected chi connectivity index (χ3v) is 8.37. The van der Waals surface area contributed by atoms with Crippen LogP contribution in [0.25, 0.3) is 11.2 Å². The molecule has 1 fully saturated rings. The second-order valence-corrected chi connectivity index (χ2v) is 12.4. The highest BCUT2D eigenvalue weighted by Gasteiger charge is 2.48. The van der Waals surface area contributed by atoms with E-state index < -0.39 is 37.3 Å². The summed E-state index contributed by atoms with van der Waals surface area (Å²) in [6.07, 6.45) is 0.793. The molecule has 0 amide bonds. The molecule has 0 saturated carbocycles. The predicted molar refractivity (Wildman–Crippen MR) is 144 cm³/mol. The number of nitrogens with two attached hydrogens (primary N) is 1. The van der Waals surface area contributed by atoms with Crippen molar-refractivity contribution in [3.05, 3.63) is 36.7 Å². The second-order valence-electron chi connectivity index (χ2n) is 9.25. The number of para-hydroxylation sites is 1. The zero-order chi connectivity index (χ0) is 27.7. The van der Waals surface area contributed by atoms with Gasteiger partial charge in [0.05, 0.1) is 13.4 Å². The lowest BCUT2D eigenvalue weighted by Crippen LogP contribution is -2.36. The first-order valence-corrected chi connectivity index (χ1v) is 14.5. The fourth-order valence-corrected chi connectivity index (χ4v) is 6.57. The monoisotopic (exact) mass is 567 g/mol. The van der Waals surface area contributed by atoms with Crippen molar-refractivity contribution >= 4 is 47.3 Å². The number of ether oxygens (including phenoxy) is 2. The smallest absolute Gasteiger partial charge is 0.323 e. The molecule has 0 bridgehead atoms. The van der Waals surface area contributed by atoms with Gasteiger partial charge in [-0.2, -0.15) is 9.97 Å². The zero-order valence-electron chi connectivity index (χ0n) is 21.7. The number of benzene rings is 1. The van der Waals surface area contributed by atoms with Crippen molar-refractivity contribution in [2.75, 3.05) is 38.4 Å². The van der Waals surface area contributed by atoms with Crippen LogP contribution in [0.5, 0.6) is 5.75 Å². The van der Waals surface area contributed by atoms with Crippen LogP contribution >= 0.6 is 6.64 Å². The van der Waals surface area contributed by atoms with E-state index in [9.17, 15) is 4.79 Å². The van der Waals surface area contributed by atoms with Crippen molar-refractivity contribution in [2.24, 2.45) is 5.92 Å². The number of rotatable bonds is 10. The molecule has 2 aromatic heterocycles. The molecule has 0 aliphatic carbocycles. The van der Waals surface area contributed by atoms with Crippen LogP contribution in [0, 0.1) is 5.92 Å². The number of halogens is 1. The zero-order valence-corrected chi connectivity index (χ0v) is 23.4. The molecule has 4 rings (SSSR count). The van der Waals surface area contributed by atoms with Gasteiger partial charge in [0.1, 0.15) is 24.6 Å². The Hall–Kier alpha value is -2.90. The Kier molecular flexibility index (Phi) is 8.19. The van der Waals surface area contributed by atoms with Gasteiger partial charge in [0.2, 0.25) is 11.8 Å². The van der Waals surface area contributed by atoms with E-state index >= 15 is 4.39 Å². The van der Waals surface area contributed by atoms with Gasteiger partial charge in [0.15, 0.2) is 17.0 Å². The van der Waals surface area contributed by atoms with E-state index in [-0.39, 0.29) is 18.3 Å². The minimum absolute atomic E-state index is 0.00562. The van der Waals surface area contributed by atoms with Crippen LogP contribution in [0.4, 0.5) is 16.2 Å². The van der Waals surface area contributed by atoms with Crippen molar-refractivity contribution in [2.45, 2.75) is 38.4 Å². The van der Waals surface area contributed by atoms with Gasteiger partial charge < -0.3 is 29.2 Å². The number of carbonyl (C=O) groups is 1. The summed E-state index contributed by atoms with van der Waals surface area (Å²) in [5.41, 5.74) is 6.86. The number of nitrogen functional groups attached to an aromatic ring is 1. The van der Waals surface area contributed by atoms with Gasteiger partial charge in [0, 0.05) is 26.4 Å². The number of carbonyl (C=O) groups excluding carboxylic acids is 1. The first-order chi connectivity index (χ1) is 17.9. The highest BCUT2D eigenvalue weighted by molar-refractivity contribution is 8.09. The number of alkyl halides is 1. The largest absolute Gasteiger partial charge is 0.468 e. The van der Waals surface area contributed by atoms with E-state index in [1.165, 1.54) is 13.4 Å². The molecule has 12 nitrogen and oxygen atoms in total. The molecule has 3 aromatic rings. The standard InChI is InChI=1S/C23H31FN7O5PS/c1-14-11-23(24,35-20(14)31-13-26-17-18(30(3)4)27-22(25)28-19(17)31)12-34-37(38,29-15(2)21(32)33-5)36-16-9-7-6-8-10-16/h6-10,13-15,20H,11-12H2,1-5H3,(H,29,38)(H2,25,27,28)/t14-,15+,20+,23-,37-/m0/s1. The Labute approximate surface area is 224 Å². The van der Waals surface area contributed by atoms with Crippen LogP contribution in [0.3, 0.4) is 0 Å². The fourth-order valence-electron chi connectivity index (χ4n) is 4.16. The number of hydrogen-bond donors (Lipinski definition) is 2. The molecule has 5 atom stereocenters. The normalized spacial score (nSPS) is 23.6. The summed E-state index contributed by atoms with van der Waals surface area (Å²) in [7, 11) is 4.89. The first-order valence-electron chi connectivity index (χ1n) is 11.8. The molecule has 15 heteroatoms. The van der Waals surface area contributed by atoms with Crippen LogP contribution in [0.2, 0.25) is 0 Å². The number of imidazole rings is 1. The molecular formula is C23H31FN7O5PS. The van der Waals surface area contributed by atoms with Crippen LogP contribution in [-0.4, -0.2) is 65.2 Å². The van der Waals surface area contributed by atoms with E-state index in [0.717, 1.165) is 0 Å². The number of hydrogen-bond acceptors (Lipinski definition) is 11. The van der Waals surface area contributed by atoms with Crippen LogP contribution in [-0.2, 0) is 30.6 Å². The number of methoxy groups -OCH3 is 1. The van der Waals surface area contributed by atoms with Crippen molar-refractivity contribution < 1.29 is 27.7 Å². The molecule has 1 aliphatic rings. The highest BCUT2D eigenvalue weighted by atomic mass is 32.5. The third kappa shape index (κ3) is 6.05. The van der Waals surface area contributed by atoms with Gasteiger partial charge in [-0.1, -0.05) is 25.1 Å². The van der Waals surface area contributed by atoms with Gasteiger partial charge in [-0.05, 0) is 30.9 Å². The molecule has 0 spiro atoms. The van der Waals surface area contributed by atoms with Crippen LogP contribution < -0.4 is 20.2 Å². The Morgan fingerprint density at radius 1 is 1.39 bits per heavy atom. The van der Waals surface area contributed by atoms with Gasteiger partial charge in [0.25, 0.3) is 0 Å². The summed E-state index contributed by atoms with van der Waals surface area (Å²) < 4.78 is 40.2. The molecule has 0 unspecified atom stereocenters. The van der Waals surface area contributed by atoms with Crippen molar-refractivity contribution in [3.8, 4) is 5.75 Å². The molecule has 1 saturated heterocycles. The maximum absolute atomic E-state index is 16.1. The first kappa shape index (κ1) is 28.1. The summed E-state index contributed by atoms with van der Waals surface area (Å²) in [6.45, 7) is -0.552. The molecule has 3 N–H and O–H groups in total. The van der Waals surface area contributed by atoms with Crippen molar-refractivity contribution in [3.63, 3.8) is 0 Å². The summed E-state index contributed by atoms with van der Waals surface area (Å²) >= 11 is 5.64. The number of nitrogens with zero attached hydrogens (tertiary/aromatic N) is 5. The van der Waals surface area contributed by atoms with Gasteiger partial charge in [-0.3, -0.25) is 9.36 Å². The number of anilines is 2. The molecule has 1 aromatic carbocycles. The second kappa shape index (κ2) is 11.1. The molecule has 38 heavy (non-hydrogen) atoms. The molecule has 1 aliphatic heterocycles. The van der Waals surface area contributed by atoms with Gasteiger partial charge in [-0.25, -0.2) is 14.5 Å². The van der Waals surface area contributed by atoms with Crippen molar-refractivity contribution in [1.29, 1.82) is 0 Å². The fraction of sp³-hybridized carbons (Fsp3) is 0.478. The maximum Gasteiger partial charge on any atom is 0.323 e. The van der Waals surface area contributed by atoms with Crippen LogP contribution in [0.15, 0.2) is 36.7 Å². The minimum atomic E-state index is -3.42. The summed E-state index contributed by atoms with van der Waals surface area (Å²) in [5, 5.41) is 2.86. The van der Waals surface area contributed by atoms with Crippen LogP contribution in [0.1, 0.15) is 26.5 Å². The lowest BCUT2D eigenvalue weighted by Gasteiger charge is -2.29. The van der Waals surface area contributed by atoms with E-state index in [2.05, 4.69) is 20.0 Å². The average Bonchev–Trinajstić information content (AvgIpc) is 3.42. The minimum Gasteiger partial charge on any atom is -0.468 e. The van der Waals surface area contributed by atoms with Gasteiger partial charge >= 0.3 is 12.6 Å². The molecule has 0 radical (unpaired) electrons. The summed E-state index contributed by atoms with van der Waals surface area (Å²) in [5.74, 6) is -2.04. The number of fused-ring (bicyclic) bond motifs is 1. The van der Waals surface area contributed by atoms with Gasteiger partial charge in [-0.15, -0.1) is 0 Å². The van der Waals surface area contributed by atoms with E-state index in [1.54, 1.807) is 40.7 Å². The lowest BCUT2D eigenvalue weighted by molar-refractivity contribution is -0.172. The Morgan fingerprint density at radius 3 is 2.76 bits per heavy atom. The summed E-state index contributed by atoms with van der Waals surface area (Å²) in [4.78, 5) is 26.8. The maximum atomic E-state index is 16.1.